The Morgan fingerprint density at radius 1 is 1.50 bits per heavy atom. The van der Waals surface area contributed by atoms with Gasteiger partial charge in [0.05, 0.1) is 6.10 Å². The molecule has 74 valence electrons. The van der Waals surface area contributed by atoms with Gasteiger partial charge in [-0.25, -0.2) is 0 Å². The lowest BCUT2D eigenvalue weighted by Crippen LogP contribution is -1.98. The molecule has 0 radical (unpaired) electrons. The van der Waals surface area contributed by atoms with Crippen molar-refractivity contribution in [1.29, 1.82) is 0 Å². The van der Waals surface area contributed by atoms with Crippen LogP contribution in [0.1, 0.15) is 23.2 Å². The van der Waals surface area contributed by atoms with Crippen LogP contribution in [-0.4, -0.2) is 18.6 Å². The molecular weight excluding hydrogens is 196 g/mol. The molecule has 2 nitrogen and oxygen atoms in total. The van der Waals surface area contributed by atoms with E-state index in [1.165, 1.54) is 0 Å². The Labute approximate surface area is 87.6 Å². The third-order valence-corrected chi connectivity index (χ3v) is 2.92. The SMILES string of the molecule is CSc1ccc(C=O)cc1OC1CC1. The van der Waals surface area contributed by atoms with Crippen LogP contribution in [0.4, 0.5) is 0 Å². The van der Waals surface area contributed by atoms with Crippen LogP contribution >= 0.6 is 11.8 Å². The van der Waals surface area contributed by atoms with Gasteiger partial charge in [-0.2, -0.15) is 0 Å². The minimum absolute atomic E-state index is 0.378. The number of benzene rings is 1. The van der Waals surface area contributed by atoms with Crippen LogP contribution in [0.2, 0.25) is 0 Å². The predicted octanol–water partition coefficient (Wildman–Crippen LogP) is 2.76. The van der Waals surface area contributed by atoms with Gasteiger partial charge in [0.2, 0.25) is 0 Å². The van der Waals surface area contributed by atoms with Gasteiger partial charge in [-0.15, -0.1) is 11.8 Å². The molecule has 1 aliphatic carbocycles. The molecule has 0 unspecified atom stereocenters. The topological polar surface area (TPSA) is 26.3 Å². The van der Waals surface area contributed by atoms with E-state index in [-0.39, 0.29) is 0 Å². The number of carbonyl (C=O) groups excluding carboxylic acids is 1. The van der Waals surface area contributed by atoms with Gasteiger partial charge >= 0.3 is 0 Å². The van der Waals surface area contributed by atoms with E-state index in [0.717, 1.165) is 29.8 Å². The average molecular weight is 208 g/mol. The molecule has 0 bridgehead atoms. The third kappa shape index (κ3) is 2.10. The monoisotopic (exact) mass is 208 g/mol. The molecule has 1 saturated carbocycles. The van der Waals surface area contributed by atoms with Gasteiger partial charge in [0, 0.05) is 10.5 Å². The highest BCUT2D eigenvalue weighted by Crippen LogP contribution is 2.33. The van der Waals surface area contributed by atoms with Crippen molar-refractivity contribution >= 4 is 18.0 Å². The Morgan fingerprint density at radius 3 is 2.86 bits per heavy atom. The van der Waals surface area contributed by atoms with Crippen molar-refractivity contribution in [3.8, 4) is 5.75 Å². The number of hydrogen-bond donors (Lipinski definition) is 0. The summed E-state index contributed by atoms with van der Waals surface area (Å²) in [6, 6.07) is 5.57. The zero-order valence-electron chi connectivity index (χ0n) is 8.03. The van der Waals surface area contributed by atoms with E-state index < -0.39 is 0 Å². The molecule has 1 aromatic carbocycles. The molecule has 0 spiro atoms. The summed E-state index contributed by atoms with van der Waals surface area (Å²) in [7, 11) is 0. The fraction of sp³-hybridized carbons (Fsp3) is 0.364. The first kappa shape index (κ1) is 9.59. The van der Waals surface area contributed by atoms with E-state index in [4.69, 9.17) is 4.74 Å². The van der Waals surface area contributed by atoms with Gasteiger partial charge in [-0.1, -0.05) is 6.07 Å². The summed E-state index contributed by atoms with van der Waals surface area (Å²) in [6.45, 7) is 0. The second kappa shape index (κ2) is 4.05. The second-order valence-electron chi connectivity index (χ2n) is 3.35. The molecule has 0 amide bonds. The fourth-order valence-electron chi connectivity index (χ4n) is 1.22. The number of carbonyl (C=O) groups is 1. The highest BCUT2D eigenvalue weighted by molar-refractivity contribution is 7.98. The van der Waals surface area contributed by atoms with Crippen LogP contribution < -0.4 is 4.74 Å². The molecule has 0 aliphatic heterocycles. The number of rotatable bonds is 4. The van der Waals surface area contributed by atoms with E-state index in [9.17, 15) is 4.79 Å². The molecule has 0 N–H and O–H groups in total. The number of aldehydes is 1. The predicted molar refractivity (Wildman–Crippen MR) is 57.3 cm³/mol. The van der Waals surface area contributed by atoms with Crippen LogP contribution in [0.25, 0.3) is 0 Å². The van der Waals surface area contributed by atoms with Crippen LogP contribution in [0.5, 0.6) is 5.75 Å². The minimum Gasteiger partial charge on any atom is -0.489 e. The van der Waals surface area contributed by atoms with Gasteiger partial charge in [0.15, 0.2) is 0 Å². The van der Waals surface area contributed by atoms with Crippen LogP contribution in [0.15, 0.2) is 23.1 Å². The number of hydrogen-bond acceptors (Lipinski definition) is 3. The molecule has 2 rings (SSSR count). The van der Waals surface area contributed by atoms with Gasteiger partial charge in [-0.3, -0.25) is 4.79 Å². The maximum Gasteiger partial charge on any atom is 0.150 e. The Kier molecular flexibility index (Phi) is 2.77. The largest absolute Gasteiger partial charge is 0.489 e. The number of ether oxygens (including phenoxy) is 1. The van der Waals surface area contributed by atoms with Crippen molar-refractivity contribution < 1.29 is 9.53 Å². The summed E-state index contributed by atoms with van der Waals surface area (Å²) in [6.07, 6.45) is 5.51. The van der Waals surface area contributed by atoms with E-state index in [2.05, 4.69) is 0 Å². The summed E-state index contributed by atoms with van der Waals surface area (Å²) in [5.74, 6) is 0.851. The molecule has 0 aromatic heterocycles. The molecule has 1 aliphatic rings. The van der Waals surface area contributed by atoms with Crippen molar-refractivity contribution in [1.82, 2.24) is 0 Å². The van der Waals surface area contributed by atoms with Gasteiger partial charge in [0.1, 0.15) is 12.0 Å². The molecule has 0 saturated heterocycles. The Bertz CT molecular complexity index is 345. The summed E-state index contributed by atoms with van der Waals surface area (Å²) in [5.41, 5.74) is 0.679. The second-order valence-corrected chi connectivity index (χ2v) is 4.19. The van der Waals surface area contributed by atoms with E-state index in [1.54, 1.807) is 11.8 Å². The normalized spacial score (nSPS) is 15.2. The molecule has 1 fully saturated rings. The lowest BCUT2D eigenvalue weighted by Gasteiger charge is -2.09. The van der Waals surface area contributed by atoms with Gasteiger partial charge in [0.25, 0.3) is 0 Å². The first-order valence-corrected chi connectivity index (χ1v) is 5.86. The van der Waals surface area contributed by atoms with E-state index in [0.29, 0.717) is 11.7 Å². The van der Waals surface area contributed by atoms with E-state index >= 15 is 0 Å². The first-order valence-electron chi connectivity index (χ1n) is 4.63. The van der Waals surface area contributed by atoms with Crippen molar-refractivity contribution in [2.45, 2.75) is 23.8 Å². The Balaban J connectivity index is 2.26. The third-order valence-electron chi connectivity index (χ3n) is 2.14. The number of thioether (sulfide) groups is 1. The van der Waals surface area contributed by atoms with Crippen molar-refractivity contribution in [3.63, 3.8) is 0 Å². The van der Waals surface area contributed by atoms with Crippen molar-refractivity contribution in [2.75, 3.05) is 6.26 Å². The molecule has 3 heteroatoms. The summed E-state index contributed by atoms with van der Waals surface area (Å²) >= 11 is 1.64. The zero-order chi connectivity index (χ0) is 9.97. The molecule has 1 aromatic rings. The zero-order valence-corrected chi connectivity index (χ0v) is 8.84. The quantitative estimate of drug-likeness (QED) is 0.562. The van der Waals surface area contributed by atoms with Crippen LogP contribution in [0.3, 0.4) is 0 Å². The standard InChI is InChI=1S/C11H12O2S/c1-14-11-5-2-8(7-12)6-10(11)13-9-3-4-9/h2,5-7,9H,3-4H2,1H3. The van der Waals surface area contributed by atoms with E-state index in [1.807, 2.05) is 24.5 Å². The summed E-state index contributed by atoms with van der Waals surface area (Å²) in [4.78, 5) is 11.7. The lowest BCUT2D eigenvalue weighted by molar-refractivity contribution is 0.112. The highest BCUT2D eigenvalue weighted by Gasteiger charge is 2.24. The summed E-state index contributed by atoms with van der Waals surface area (Å²) in [5, 5.41) is 0. The summed E-state index contributed by atoms with van der Waals surface area (Å²) < 4.78 is 5.71. The van der Waals surface area contributed by atoms with Gasteiger partial charge < -0.3 is 4.74 Å². The highest BCUT2D eigenvalue weighted by atomic mass is 32.2. The average Bonchev–Trinajstić information content (AvgIpc) is 3.01. The molecule has 0 atom stereocenters. The van der Waals surface area contributed by atoms with Gasteiger partial charge in [-0.05, 0) is 31.2 Å². The lowest BCUT2D eigenvalue weighted by atomic mass is 10.2. The van der Waals surface area contributed by atoms with Crippen LogP contribution in [-0.2, 0) is 0 Å². The molecule has 0 heterocycles. The van der Waals surface area contributed by atoms with Crippen molar-refractivity contribution in [3.05, 3.63) is 23.8 Å². The molecular formula is C11H12O2S. The Hall–Kier alpha value is -0.960. The smallest absolute Gasteiger partial charge is 0.150 e. The Morgan fingerprint density at radius 2 is 2.29 bits per heavy atom. The first-order chi connectivity index (χ1) is 6.83. The maximum atomic E-state index is 10.6. The fourth-order valence-corrected chi connectivity index (χ4v) is 1.74. The van der Waals surface area contributed by atoms with Crippen LogP contribution in [0, 0.1) is 0 Å². The minimum atomic E-state index is 0.378. The maximum absolute atomic E-state index is 10.6. The molecule has 14 heavy (non-hydrogen) atoms. The van der Waals surface area contributed by atoms with Crippen molar-refractivity contribution in [2.24, 2.45) is 0 Å².